The lowest BCUT2D eigenvalue weighted by atomic mass is 10.1. The van der Waals surface area contributed by atoms with Crippen LogP contribution >= 0.6 is 0 Å². The molecule has 1 rings (SSSR count). The molecule has 0 saturated heterocycles. The zero-order valence-corrected chi connectivity index (χ0v) is 9.37. The van der Waals surface area contributed by atoms with Gasteiger partial charge in [-0.1, -0.05) is 18.2 Å². The number of carbonyl (C=O) groups is 1. The van der Waals surface area contributed by atoms with E-state index in [1.54, 1.807) is 6.07 Å². The molecule has 0 aliphatic heterocycles. The molecule has 0 radical (unpaired) electrons. The molecule has 98 valence electrons. The first-order valence-electron chi connectivity index (χ1n) is 5.10. The number of rotatable bonds is 6. The number of hydroxylamine groups is 1. The van der Waals surface area contributed by atoms with Gasteiger partial charge in [-0.05, 0) is 0 Å². The summed E-state index contributed by atoms with van der Waals surface area (Å²) >= 11 is 0. The van der Waals surface area contributed by atoms with Crippen molar-refractivity contribution in [3.8, 4) is 0 Å². The van der Waals surface area contributed by atoms with Crippen molar-refractivity contribution in [2.75, 3.05) is 6.61 Å². The Kier molecular flexibility index (Phi) is 5.18. The lowest BCUT2D eigenvalue weighted by Gasteiger charge is -2.13. The largest absolute Gasteiger partial charge is 0.394 e. The van der Waals surface area contributed by atoms with Crippen LogP contribution in [-0.4, -0.2) is 33.8 Å². The van der Waals surface area contributed by atoms with E-state index in [0.717, 1.165) is 0 Å². The van der Waals surface area contributed by atoms with Crippen LogP contribution in [0, 0.1) is 10.1 Å². The quantitative estimate of drug-likeness (QED) is 0.310. The van der Waals surface area contributed by atoms with Crippen molar-refractivity contribution in [3.63, 3.8) is 0 Å². The van der Waals surface area contributed by atoms with E-state index >= 15 is 0 Å². The van der Waals surface area contributed by atoms with Gasteiger partial charge in [-0.15, -0.1) is 0 Å². The molecule has 1 aromatic carbocycles. The summed E-state index contributed by atoms with van der Waals surface area (Å²) < 4.78 is 0. The Morgan fingerprint density at radius 1 is 1.44 bits per heavy atom. The summed E-state index contributed by atoms with van der Waals surface area (Å²) in [6.07, 6.45) is 0. The number of para-hydroxylation sites is 1. The molecule has 0 aromatic heterocycles. The molecule has 0 bridgehead atoms. The number of carbonyl (C=O) groups excluding carboxylic acids is 1. The smallest absolute Gasteiger partial charge is 0.273 e. The Balaban J connectivity index is 2.73. The van der Waals surface area contributed by atoms with Crippen LogP contribution in [0.1, 0.15) is 5.56 Å². The highest BCUT2D eigenvalue weighted by Gasteiger charge is 2.18. The van der Waals surface area contributed by atoms with Crippen LogP contribution in [0.2, 0.25) is 0 Å². The van der Waals surface area contributed by atoms with Crippen LogP contribution in [0.4, 0.5) is 5.69 Å². The van der Waals surface area contributed by atoms with Gasteiger partial charge >= 0.3 is 0 Å². The SMILES string of the molecule is O=C(NO)[C@H](CO)NCc1ccccc1[N+](=O)[O-]. The van der Waals surface area contributed by atoms with Gasteiger partial charge in [-0.3, -0.25) is 25.4 Å². The number of nitrogens with zero attached hydrogens (tertiary/aromatic N) is 1. The molecule has 8 heteroatoms. The zero-order valence-electron chi connectivity index (χ0n) is 9.37. The van der Waals surface area contributed by atoms with Gasteiger partial charge in [0.1, 0.15) is 6.04 Å². The van der Waals surface area contributed by atoms with Crippen LogP contribution in [0.5, 0.6) is 0 Å². The van der Waals surface area contributed by atoms with Gasteiger partial charge in [0.15, 0.2) is 0 Å². The Hall–Kier alpha value is -2.03. The summed E-state index contributed by atoms with van der Waals surface area (Å²) in [5, 5.41) is 30.7. The van der Waals surface area contributed by atoms with E-state index < -0.39 is 23.5 Å². The minimum absolute atomic E-state index is 0.0236. The molecular formula is C10H13N3O5. The minimum atomic E-state index is -1.03. The highest BCUT2D eigenvalue weighted by atomic mass is 16.6. The molecule has 0 saturated carbocycles. The molecule has 0 aliphatic carbocycles. The fraction of sp³-hybridized carbons (Fsp3) is 0.300. The van der Waals surface area contributed by atoms with Gasteiger partial charge in [0.25, 0.3) is 11.6 Å². The van der Waals surface area contributed by atoms with Crippen LogP contribution in [0.25, 0.3) is 0 Å². The van der Waals surface area contributed by atoms with Gasteiger partial charge in [0, 0.05) is 18.2 Å². The van der Waals surface area contributed by atoms with E-state index in [9.17, 15) is 14.9 Å². The first kappa shape index (κ1) is 14.0. The molecule has 1 aromatic rings. The van der Waals surface area contributed by atoms with Crippen molar-refractivity contribution < 1.29 is 20.0 Å². The molecule has 18 heavy (non-hydrogen) atoms. The highest BCUT2D eigenvalue weighted by molar-refractivity contribution is 5.80. The second kappa shape index (κ2) is 6.64. The van der Waals surface area contributed by atoms with E-state index in [4.69, 9.17) is 10.3 Å². The second-order valence-electron chi connectivity index (χ2n) is 3.48. The summed E-state index contributed by atoms with van der Waals surface area (Å²) in [6, 6.07) is 5.01. The Morgan fingerprint density at radius 3 is 2.67 bits per heavy atom. The predicted octanol–water partition coefficient (Wildman–Crippen LogP) is -0.449. The first-order chi connectivity index (χ1) is 8.60. The van der Waals surface area contributed by atoms with Gasteiger partial charge in [-0.25, -0.2) is 5.48 Å². The van der Waals surface area contributed by atoms with E-state index in [2.05, 4.69) is 5.32 Å². The molecular weight excluding hydrogens is 242 g/mol. The van der Waals surface area contributed by atoms with Crippen molar-refractivity contribution in [3.05, 3.63) is 39.9 Å². The number of benzene rings is 1. The molecule has 8 nitrogen and oxygen atoms in total. The third-order valence-corrected chi connectivity index (χ3v) is 2.34. The van der Waals surface area contributed by atoms with Crippen molar-refractivity contribution in [1.82, 2.24) is 10.8 Å². The van der Waals surface area contributed by atoms with Crippen molar-refractivity contribution >= 4 is 11.6 Å². The standard InChI is InChI=1S/C10H13N3O5/c14-6-8(10(15)12-16)11-5-7-3-1-2-4-9(7)13(17)18/h1-4,8,11,14,16H,5-6H2,(H,12,15)/t8-/m0/s1. The fourth-order valence-corrected chi connectivity index (χ4v) is 1.39. The molecule has 0 unspecified atom stereocenters. The van der Waals surface area contributed by atoms with Gasteiger partial charge in [-0.2, -0.15) is 0 Å². The maximum absolute atomic E-state index is 11.1. The molecule has 0 aliphatic rings. The second-order valence-corrected chi connectivity index (χ2v) is 3.48. The summed E-state index contributed by atoms with van der Waals surface area (Å²) in [7, 11) is 0. The third kappa shape index (κ3) is 3.48. The number of amides is 1. The van der Waals surface area contributed by atoms with Crippen LogP contribution in [0.15, 0.2) is 24.3 Å². The highest BCUT2D eigenvalue weighted by Crippen LogP contribution is 2.17. The maximum atomic E-state index is 11.1. The van der Waals surface area contributed by atoms with Crippen molar-refractivity contribution in [1.29, 1.82) is 0 Å². The molecule has 1 amide bonds. The van der Waals surface area contributed by atoms with E-state index in [-0.39, 0.29) is 12.2 Å². The van der Waals surface area contributed by atoms with E-state index in [0.29, 0.717) is 5.56 Å². The Morgan fingerprint density at radius 2 is 2.11 bits per heavy atom. The van der Waals surface area contributed by atoms with Gasteiger partial charge in [0.05, 0.1) is 11.5 Å². The lowest BCUT2D eigenvalue weighted by molar-refractivity contribution is -0.385. The number of nitrogens with one attached hydrogen (secondary N) is 2. The molecule has 0 spiro atoms. The topological polar surface area (TPSA) is 125 Å². The maximum Gasteiger partial charge on any atom is 0.273 e. The number of aliphatic hydroxyl groups is 1. The third-order valence-electron chi connectivity index (χ3n) is 2.34. The molecule has 0 heterocycles. The van der Waals surface area contributed by atoms with Crippen molar-refractivity contribution in [2.45, 2.75) is 12.6 Å². The van der Waals surface area contributed by atoms with Gasteiger partial charge in [0.2, 0.25) is 0 Å². The van der Waals surface area contributed by atoms with Gasteiger partial charge < -0.3 is 5.11 Å². The zero-order chi connectivity index (χ0) is 13.5. The monoisotopic (exact) mass is 255 g/mol. The molecule has 1 atom stereocenters. The Labute approximate surface area is 102 Å². The molecule has 0 fully saturated rings. The molecule has 4 N–H and O–H groups in total. The fourth-order valence-electron chi connectivity index (χ4n) is 1.39. The number of nitro benzene ring substituents is 1. The summed E-state index contributed by atoms with van der Waals surface area (Å²) in [4.78, 5) is 21.3. The lowest BCUT2D eigenvalue weighted by Crippen LogP contribution is -2.45. The van der Waals surface area contributed by atoms with Crippen LogP contribution in [0.3, 0.4) is 0 Å². The van der Waals surface area contributed by atoms with Crippen LogP contribution in [-0.2, 0) is 11.3 Å². The normalized spacial score (nSPS) is 11.9. The number of hydrogen-bond donors (Lipinski definition) is 4. The summed E-state index contributed by atoms with van der Waals surface area (Å²) in [6.45, 7) is -0.511. The summed E-state index contributed by atoms with van der Waals surface area (Å²) in [5.41, 5.74) is 1.70. The first-order valence-corrected chi connectivity index (χ1v) is 5.10. The summed E-state index contributed by atoms with van der Waals surface area (Å²) in [5.74, 6) is -0.809. The number of nitro groups is 1. The van der Waals surface area contributed by atoms with Crippen molar-refractivity contribution in [2.24, 2.45) is 0 Å². The number of hydrogen-bond acceptors (Lipinski definition) is 6. The average molecular weight is 255 g/mol. The van der Waals surface area contributed by atoms with E-state index in [1.165, 1.54) is 23.7 Å². The number of aliphatic hydroxyl groups excluding tert-OH is 1. The van der Waals surface area contributed by atoms with Crippen LogP contribution < -0.4 is 10.8 Å². The Bertz CT molecular complexity index is 437. The predicted molar refractivity (Wildman–Crippen MR) is 60.7 cm³/mol. The average Bonchev–Trinajstić information content (AvgIpc) is 2.39. The minimum Gasteiger partial charge on any atom is -0.394 e. The van der Waals surface area contributed by atoms with E-state index in [1.807, 2.05) is 0 Å².